The predicted molar refractivity (Wildman–Crippen MR) is 110 cm³/mol. The SMILES string of the molecule is CN1CCC(N(C)Cn2c(=S)n(-c3ccccc3)c3ccccc32)CC1. The first-order valence-electron chi connectivity index (χ1n) is 9.29. The van der Waals surface area contributed by atoms with Crippen LogP contribution in [0.4, 0.5) is 0 Å². The smallest absolute Gasteiger partial charge is 0.186 e. The topological polar surface area (TPSA) is 16.3 Å². The number of imidazole rings is 1. The second-order valence-corrected chi connectivity index (χ2v) is 7.67. The monoisotopic (exact) mass is 366 g/mol. The van der Waals surface area contributed by atoms with E-state index in [1.54, 1.807) is 0 Å². The van der Waals surface area contributed by atoms with Crippen LogP contribution in [-0.4, -0.2) is 52.2 Å². The standard InChI is InChI=1S/C21H26N4S/c1-22-14-12-17(13-15-22)23(2)16-24-19-10-6-7-11-20(19)25(21(24)26)18-8-4-3-5-9-18/h3-11,17H,12-16H2,1-2H3. The van der Waals surface area contributed by atoms with Crippen molar-refractivity contribution >= 4 is 23.3 Å². The maximum absolute atomic E-state index is 5.90. The van der Waals surface area contributed by atoms with Crippen LogP contribution in [0.1, 0.15) is 12.8 Å². The molecule has 0 unspecified atom stereocenters. The van der Waals surface area contributed by atoms with Crippen LogP contribution in [0.2, 0.25) is 0 Å². The molecule has 136 valence electrons. The average molecular weight is 367 g/mol. The van der Waals surface area contributed by atoms with Gasteiger partial charge in [0, 0.05) is 11.7 Å². The fourth-order valence-electron chi connectivity index (χ4n) is 3.95. The first-order chi connectivity index (χ1) is 12.6. The van der Waals surface area contributed by atoms with Gasteiger partial charge in [0.25, 0.3) is 0 Å². The van der Waals surface area contributed by atoms with Crippen molar-refractivity contribution in [2.75, 3.05) is 27.2 Å². The second kappa shape index (κ2) is 7.35. The van der Waals surface area contributed by atoms with Crippen LogP contribution in [0.5, 0.6) is 0 Å². The molecule has 1 aliphatic rings. The van der Waals surface area contributed by atoms with E-state index in [9.17, 15) is 0 Å². The lowest BCUT2D eigenvalue weighted by atomic mass is 10.0. The second-order valence-electron chi connectivity index (χ2n) is 7.30. The zero-order valence-electron chi connectivity index (χ0n) is 15.5. The summed E-state index contributed by atoms with van der Waals surface area (Å²) in [6.07, 6.45) is 2.44. The molecule has 4 nitrogen and oxygen atoms in total. The summed E-state index contributed by atoms with van der Waals surface area (Å²) in [5.74, 6) is 0. The minimum atomic E-state index is 0.618. The number of hydrogen-bond acceptors (Lipinski definition) is 3. The van der Waals surface area contributed by atoms with Crippen molar-refractivity contribution < 1.29 is 0 Å². The highest BCUT2D eigenvalue weighted by Gasteiger charge is 2.22. The first-order valence-corrected chi connectivity index (χ1v) is 9.70. The van der Waals surface area contributed by atoms with E-state index in [1.807, 2.05) is 6.07 Å². The van der Waals surface area contributed by atoms with Gasteiger partial charge in [0.05, 0.1) is 17.7 Å². The molecule has 2 heterocycles. The van der Waals surface area contributed by atoms with Gasteiger partial charge in [-0.2, -0.15) is 0 Å². The number of fused-ring (bicyclic) bond motifs is 1. The molecule has 4 rings (SSSR count). The molecule has 0 spiro atoms. The van der Waals surface area contributed by atoms with Crippen molar-refractivity contribution in [3.8, 4) is 5.69 Å². The summed E-state index contributed by atoms with van der Waals surface area (Å²) >= 11 is 5.90. The third-order valence-corrected chi connectivity index (χ3v) is 5.93. The van der Waals surface area contributed by atoms with Gasteiger partial charge in [-0.1, -0.05) is 30.3 Å². The number of nitrogens with zero attached hydrogens (tertiary/aromatic N) is 4. The Balaban J connectivity index is 1.72. The fraction of sp³-hybridized carbons (Fsp3) is 0.381. The minimum absolute atomic E-state index is 0.618. The van der Waals surface area contributed by atoms with E-state index >= 15 is 0 Å². The Bertz CT molecular complexity index is 936. The van der Waals surface area contributed by atoms with E-state index in [0.29, 0.717) is 6.04 Å². The van der Waals surface area contributed by atoms with Gasteiger partial charge in [-0.15, -0.1) is 0 Å². The summed E-state index contributed by atoms with van der Waals surface area (Å²) in [6.45, 7) is 3.17. The summed E-state index contributed by atoms with van der Waals surface area (Å²) in [5.41, 5.74) is 3.48. The lowest BCUT2D eigenvalue weighted by molar-refractivity contribution is 0.120. The van der Waals surface area contributed by atoms with Crippen molar-refractivity contribution in [1.29, 1.82) is 0 Å². The predicted octanol–water partition coefficient (Wildman–Crippen LogP) is 4.14. The summed E-state index contributed by atoms with van der Waals surface area (Å²) in [7, 11) is 4.44. The lowest BCUT2D eigenvalue weighted by Crippen LogP contribution is -2.42. The van der Waals surface area contributed by atoms with Gasteiger partial charge < -0.3 is 9.47 Å². The highest BCUT2D eigenvalue weighted by molar-refractivity contribution is 7.71. The Kier molecular flexibility index (Phi) is 4.94. The van der Waals surface area contributed by atoms with Gasteiger partial charge in [0.2, 0.25) is 0 Å². The molecule has 0 atom stereocenters. The quantitative estimate of drug-likeness (QED) is 0.646. The van der Waals surface area contributed by atoms with Gasteiger partial charge in [-0.05, 0) is 76.5 Å². The van der Waals surface area contributed by atoms with Crippen LogP contribution in [0.25, 0.3) is 16.7 Å². The number of benzene rings is 2. The van der Waals surface area contributed by atoms with Crippen LogP contribution < -0.4 is 0 Å². The van der Waals surface area contributed by atoms with Crippen LogP contribution in [-0.2, 0) is 6.67 Å². The summed E-state index contributed by atoms with van der Waals surface area (Å²) in [5, 5.41) is 0. The van der Waals surface area contributed by atoms with Crippen LogP contribution in [0.15, 0.2) is 54.6 Å². The average Bonchev–Trinajstić information content (AvgIpc) is 2.95. The van der Waals surface area contributed by atoms with Crippen molar-refractivity contribution in [3.05, 3.63) is 59.4 Å². The highest BCUT2D eigenvalue weighted by Crippen LogP contribution is 2.24. The molecule has 1 fully saturated rings. The van der Waals surface area contributed by atoms with E-state index in [2.05, 4.69) is 81.6 Å². The Morgan fingerprint density at radius 3 is 2.27 bits per heavy atom. The number of likely N-dealkylation sites (tertiary alicyclic amines) is 1. The summed E-state index contributed by atoms with van der Waals surface area (Å²) < 4.78 is 5.32. The van der Waals surface area contributed by atoms with Crippen LogP contribution in [0, 0.1) is 4.77 Å². The van der Waals surface area contributed by atoms with Crippen LogP contribution >= 0.6 is 12.2 Å². The molecule has 0 N–H and O–H groups in total. The van der Waals surface area contributed by atoms with Crippen molar-refractivity contribution in [3.63, 3.8) is 0 Å². The largest absolute Gasteiger partial charge is 0.306 e. The van der Waals surface area contributed by atoms with Gasteiger partial charge in [0.15, 0.2) is 4.77 Å². The zero-order valence-corrected chi connectivity index (χ0v) is 16.3. The Morgan fingerprint density at radius 2 is 1.58 bits per heavy atom. The fourth-order valence-corrected chi connectivity index (χ4v) is 4.31. The molecule has 5 heteroatoms. The molecule has 3 aromatic rings. The van der Waals surface area contributed by atoms with Gasteiger partial charge in [0.1, 0.15) is 0 Å². The first kappa shape index (κ1) is 17.5. The minimum Gasteiger partial charge on any atom is -0.306 e. The number of piperidine rings is 1. The summed E-state index contributed by atoms with van der Waals surface area (Å²) in [6, 6.07) is 19.5. The molecule has 26 heavy (non-hydrogen) atoms. The molecule has 1 aromatic heterocycles. The van der Waals surface area contributed by atoms with Crippen molar-refractivity contribution in [1.82, 2.24) is 18.9 Å². The summed E-state index contributed by atoms with van der Waals surface area (Å²) in [4.78, 5) is 4.88. The van der Waals surface area contributed by atoms with Crippen LogP contribution in [0.3, 0.4) is 0 Å². The van der Waals surface area contributed by atoms with Crippen molar-refractivity contribution in [2.45, 2.75) is 25.6 Å². The molecule has 2 aromatic carbocycles. The lowest BCUT2D eigenvalue weighted by Gasteiger charge is -2.35. The highest BCUT2D eigenvalue weighted by atomic mass is 32.1. The third-order valence-electron chi connectivity index (χ3n) is 5.53. The van der Waals surface area contributed by atoms with E-state index < -0.39 is 0 Å². The van der Waals surface area contributed by atoms with Crippen molar-refractivity contribution in [2.24, 2.45) is 0 Å². The number of aromatic nitrogens is 2. The molecule has 0 radical (unpaired) electrons. The molecule has 0 amide bonds. The van der Waals surface area contributed by atoms with E-state index in [0.717, 1.165) is 17.1 Å². The number of para-hydroxylation sites is 3. The maximum atomic E-state index is 5.90. The molecular weight excluding hydrogens is 340 g/mol. The Hall–Kier alpha value is -1.95. The van der Waals surface area contributed by atoms with E-state index in [-0.39, 0.29) is 0 Å². The molecule has 0 saturated carbocycles. The van der Waals surface area contributed by atoms with Gasteiger partial charge in [-0.25, -0.2) is 0 Å². The molecule has 1 saturated heterocycles. The number of rotatable bonds is 4. The maximum Gasteiger partial charge on any atom is 0.186 e. The Morgan fingerprint density at radius 1 is 0.962 bits per heavy atom. The molecule has 1 aliphatic heterocycles. The van der Waals surface area contributed by atoms with E-state index in [1.165, 1.54) is 37.0 Å². The van der Waals surface area contributed by atoms with E-state index in [4.69, 9.17) is 12.2 Å². The number of hydrogen-bond donors (Lipinski definition) is 0. The van der Waals surface area contributed by atoms with Gasteiger partial charge >= 0.3 is 0 Å². The van der Waals surface area contributed by atoms with Gasteiger partial charge in [-0.3, -0.25) is 9.47 Å². The molecule has 0 bridgehead atoms. The Labute approximate surface area is 160 Å². The zero-order chi connectivity index (χ0) is 18.1. The molecule has 0 aliphatic carbocycles. The normalized spacial score (nSPS) is 16.6. The molecular formula is C21H26N4S. The third kappa shape index (κ3) is 3.22.